The molecule has 3 N–H and O–H groups in total. The first-order valence-electron chi connectivity index (χ1n) is 11.1. The average Bonchev–Trinajstić information content (AvgIpc) is 2.87. The SMILES string of the molecule is COc1ccc(C(=O)N2CCN(C(=O)c3ccc(CN)cc3)CC2)cc1N1CCC(=O)NC1=O. The van der Waals surface area contributed by atoms with Gasteiger partial charge in [-0.2, -0.15) is 0 Å². The molecule has 2 fully saturated rings. The second-order valence-corrected chi connectivity index (χ2v) is 8.13. The molecule has 0 radical (unpaired) electrons. The van der Waals surface area contributed by atoms with E-state index in [-0.39, 0.29) is 30.7 Å². The predicted octanol–water partition coefficient (Wildman–Crippen LogP) is 1.20. The first-order valence-corrected chi connectivity index (χ1v) is 11.1. The number of amides is 5. The highest BCUT2D eigenvalue weighted by atomic mass is 16.5. The lowest BCUT2D eigenvalue weighted by atomic mass is 10.1. The van der Waals surface area contributed by atoms with Crippen LogP contribution in [0.3, 0.4) is 0 Å². The number of nitrogens with two attached hydrogens (primary N) is 1. The number of rotatable bonds is 5. The normalized spacial score (nSPS) is 16.4. The Kier molecular flexibility index (Phi) is 6.78. The lowest BCUT2D eigenvalue weighted by Gasteiger charge is -2.35. The average molecular weight is 466 g/mol. The second-order valence-electron chi connectivity index (χ2n) is 8.13. The molecular formula is C24H27N5O5. The summed E-state index contributed by atoms with van der Waals surface area (Å²) < 4.78 is 5.37. The molecule has 0 aromatic heterocycles. The Morgan fingerprint density at radius 2 is 1.50 bits per heavy atom. The van der Waals surface area contributed by atoms with Gasteiger partial charge >= 0.3 is 6.03 Å². The Morgan fingerprint density at radius 3 is 2.06 bits per heavy atom. The van der Waals surface area contributed by atoms with Gasteiger partial charge in [0.25, 0.3) is 11.8 Å². The van der Waals surface area contributed by atoms with Crippen LogP contribution in [-0.4, -0.2) is 73.4 Å². The van der Waals surface area contributed by atoms with E-state index in [2.05, 4.69) is 5.32 Å². The third-order valence-corrected chi connectivity index (χ3v) is 6.06. The van der Waals surface area contributed by atoms with E-state index in [4.69, 9.17) is 10.5 Å². The summed E-state index contributed by atoms with van der Waals surface area (Å²) in [5.41, 5.74) is 7.99. The maximum absolute atomic E-state index is 13.2. The molecule has 34 heavy (non-hydrogen) atoms. The number of ether oxygens (including phenoxy) is 1. The van der Waals surface area contributed by atoms with Crippen molar-refractivity contribution in [3.05, 3.63) is 59.2 Å². The van der Waals surface area contributed by atoms with Gasteiger partial charge in [0, 0.05) is 56.8 Å². The number of hydrogen-bond donors (Lipinski definition) is 2. The van der Waals surface area contributed by atoms with Crippen LogP contribution < -0.4 is 20.7 Å². The van der Waals surface area contributed by atoms with Gasteiger partial charge in [-0.3, -0.25) is 24.6 Å². The van der Waals surface area contributed by atoms with Gasteiger partial charge in [-0.1, -0.05) is 12.1 Å². The Labute approximate surface area is 197 Å². The molecule has 5 amide bonds. The third kappa shape index (κ3) is 4.72. The Morgan fingerprint density at radius 1 is 0.912 bits per heavy atom. The van der Waals surface area contributed by atoms with Crippen LogP contribution in [0.25, 0.3) is 0 Å². The lowest BCUT2D eigenvalue weighted by molar-refractivity contribution is -0.120. The Bertz CT molecular complexity index is 1110. The zero-order valence-electron chi connectivity index (χ0n) is 19.0. The van der Waals surface area contributed by atoms with E-state index < -0.39 is 6.03 Å². The van der Waals surface area contributed by atoms with Gasteiger partial charge < -0.3 is 20.3 Å². The topological polar surface area (TPSA) is 125 Å². The van der Waals surface area contributed by atoms with Crippen molar-refractivity contribution >= 4 is 29.4 Å². The van der Waals surface area contributed by atoms with Crippen LogP contribution in [0.5, 0.6) is 5.75 Å². The number of carbonyl (C=O) groups excluding carboxylic acids is 4. The van der Waals surface area contributed by atoms with Crippen molar-refractivity contribution in [2.24, 2.45) is 5.73 Å². The summed E-state index contributed by atoms with van der Waals surface area (Å²) in [6.07, 6.45) is 0.165. The first kappa shape index (κ1) is 23.2. The van der Waals surface area contributed by atoms with Crippen LogP contribution in [-0.2, 0) is 11.3 Å². The van der Waals surface area contributed by atoms with Gasteiger partial charge in [0.2, 0.25) is 5.91 Å². The van der Waals surface area contributed by atoms with Gasteiger partial charge in [0.05, 0.1) is 12.8 Å². The summed E-state index contributed by atoms with van der Waals surface area (Å²) in [6, 6.07) is 11.6. The summed E-state index contributed by atoms with van der Waals surface area (Å²) in [6.45, 7) is 2.25. The summed E-state index contributed by atoms with van der Waals surface area (Å²) in [5.74, 6) is -0.183. The fourth-order valence-corrected chi connectivity index (χ4v) is 4.09. The molecule has 2 heterocycles. The van der Waals surface area contributed by atoms with E-state index >= 15 is 0 Å². The van der Waals surface area contributed by atoms with Crippen molar-refractivity contribution in [1.82, 2.24) is 15.1 Å². The molecule has 4 rings (SSSR count). The number of nitrogens with zero attached hydrogens (tertiary/aromatic N) is 3. The molecule has 0 atom stereocenters. The second kappa shape index (κ2) is 9.92. The zero-order chi connectivity index (χ0) is 24.2. The molecule has 0 saturated carbocycles. The predicted molar refractivity (Wildman–Crippen MR) is 125 cm³/mol. The minimum absolute atomic E-state index is 0.0759. The number of benzene rings is 2. The zero-order valence-corrected chi connectivity index (χ0v) is 19.0. The van der Waals surface area contributed by atoms with E-state index in [0.717, 1.165) is 5.56 Å². The van der Waals surface area contributed by atoms with Crippen LogP contribution in [0.15, 0.2) is 42.5 Å². The molecule has 2 aliphatic heterocycles. The monoisotopic (exact) mass is 465 g/mol. The first-order chi connectivity index (χ1) is 16.4. The quantitative estimate of drug-likeness (QED) is 0.684. The Hall–Kier alpha value is -3.92. The number of hydrogen-bond acceptors (Lipinski definition) is 6. The maximum atomic E-state index is 13.2. The van der Waals surface area contributed by atoms with E-state index in [0.29, 0.717) is 55.3 Å². The number of piperazine rings is 1. The molecule has 2 aromatic carbocycles. The molecule has 178 valence electrons. The summed E-state index contributed by atoms with van der Waals surface area (Å²) >= 11 is 0. The minimum Gasteiger partial charge on any atom is -0.495 e. The van der Waals surface area contributed by atoms with E-state index in [1.165, 1.54) is 12.0 Å². The summed E-state index contributed by atoms with van der Waals surface area (Å²) in [4.78, 5) is 54.6. The van der Waals surface area contributed by atoms with E-state index in [1.807, 2.05) is 12.1 Å². The van der Waals surface area contributed by atoms with Crippen molar-refractivity contribution in [3.63, 3.8) is 0 Å². The smallest absolute Gasteiger partial charge is 0.328 e. The number of carbonyl (C=O) groups is 4. The molecule has 2 saturated heterocycles. The third-order valence-electron chi connectivity index (χ3n) is 6.06. The van der Waals surface area contributed by atoms with Gasteiger partial charge in [-0.15, -0.1) is 0 Å². The van der Waals surface area contributed by atoms with Crippen molar-refractivity contribution < 1.29 is 23.9 Å². The molecule has 10 nitrogen and oxygen atoms in total. The van der Waals surface area contributed by atoms with Crippen LogP contribution in [0.4, 0.5) is 10.5 Å². The van der Waals surface area contributed by atoms with Gasteiger partial charge in [0.1, 0.15) is 5.75 Å². The largest absolute Gasteiger partial charge is 0.495 e. The molecule has 0 unspecified atom stereocenters. The number of methoxy groups -OCH3 is 1. The molecule has 2 aromatic rings. The maximum Gasteiger partial charge on any atom is 0.328 e. The molecule has 0 aliphatic carbocycles. The Balaban J connectivity index is 1.44. The van der Waals surface area contributed by atoms with Crippen LogP contribution in [0.2, 0.25) is 0 Å². The molecule has 2 aliphatic rings. The highest BCUT2D eigenvalue weighted by molar-refractivity contribution is 6.07. The number of anilines is 1. The van der Waals surface area contributed by atoms with Crippen molar-refractivity contribution in [3.8, 4) is 5.75 Å². The molecule has 0 bridgehead atoms. The molecule has 10 heteroatoms. The fraction of sp³-hybridized carbons (Fsp3) is 0.333. The fourth-order valence-electron chi connectivity index (χ4n) is 4.09. The van der Waals surface area contributed by atoms with Crippen molar-refractivity contribution in [2.45, 2.75) is 13.0 Å². The standard InChI is InChI=1S/C24H27N5O5/c1-34-20-7-6-18(14-19(20)29-9-8-21(30)26-24(29)33)23(32)28-12-10-27(11-13-28)22(31)17-4-2-16(15-25)3-5-17/h2-7,14H,8-13,15,25H2,1H3,(H,26,30,33). The number of nitrogens with one attached hydrogen (secondary N) is 1. The van der Waals surface area contributed by atoms with E-state index in [1.54, 1.807) is 40.1 Å². The minimum atomic E-state index is -0.550. The van der Waals surface area contributed by atoms with Gasteiger partial charge in [-0.25, -0.2) is 4.79 Å². The highest BCUT2D eigenvalue weighted by Gasteiger charge is 2.29. The number of urea groups is 1. The highest BCUT2D eigenvalue weighted by Crippen LogP contribution is 2.31. The van der Waals surface area contributed by atoms with Crippen molar-refractivity contribution in [1.29, 1.82) is 0 Å². The van der Waals surface area contributed by atoms with Crippen LogP contribution >= 0.6 is 0 Å². The molecular weight excluding hydrogens is 438 g/mol. The molecule has 0 spiro atoms. The lowest BCUT2D eigenvalue weighted by Crippen LogP contribution is -2.51. The van der Waals surface area contributed by atoms with Crippen LogP contribution in [0.1, 0.15) is 32.7 Å². The summed E-state index contributed by atoms with van der Waals surface area (Å²) in [5, 5.41) is 2.28. The number of imide groups is 1. The summed E-state index contributed by atoms with van der Waals surface area (Å²) in [7, 11) is 1.48. The van der Waals surface area contributed by atoms with Crippen LogP contribution in [0, 0.1) is 0 Å². The van der Waals surface area contributed by atoms with Crippen molar-refractivity contribution in [2.75, 3.05) is 44.7 Å². The van der Waals surface area contributed by atoms with E-state index in [9.17, 15) is 19.2 Å². The van der Waals surface area contributed by atoms with Gasteiger partial charge in [-0.05, 0) is 35.9 Å². The van der Waals surface area contributed by atoms with Gasteiger partial charge in [0.15, 0.2) is 0 Å².